The molecule has 0 spiro atoms. The molecule has 2 heterocycles. The van der Waals surface area contributed by atoms with E-state index in [1.807, 2.05) is 19.2 Å². The third-order valence-electron chi connectivity index (χ3n) is 3.51. The smallest absolute Gasteiger partial charge is 0.0702 e. The van der Waals surface area contributed by atoms with E-state index < -0.39 is 0 Å². The molecule has 2 rings (SSSR count). The zero-order chi connectivity index (χ0) is 13.0. The van der Waals surface area contributed by atoms with Crippen molar-refractivity contribution in [1.29, 1.82) is 0 Å². The minimum atomic E-state index is 0.0700. The summed E-state index contributed by atoms with van der Waals surface area (Å²) in [4.78, 5) is 6.48. The second kappa shape index (κ2) is 6.27. The second-order valence-electron chi connectivity index (χ2n) is 5.16. The molecule has 1 fully saturated rings. The summed E-state index contributed by atoms with van der Waals surface area (Å²) in [6, 6.07) is 4.32. The first-order chi connectivity index (χ1) is 8.68. The highest BCUT2D eigenvalue weighted by Crippen LogP contribution is 2.23. The normalized spacial score (nSPS) is 23.2. The van der Waals surface area contributed by atoms with Crippen molar-refractivity contribution >= 4 is 0 Å². The van der Waals surface area contributed by atoms with Gasteiger partial charge in [0.25, 0.3) is 0 Å². The van der Waals surface area contributed by atoms with Crippen LogP contribution in [0.25, 0.3) is 0 Å². The van der Waals surface area contributed by atoms with Crippen LogP contribution in [0.5, 0.6) is 0 Å². The van der Waals surface area contributed by atoms with Gasteiger partial charge >= 0.3 is 0 Å². The van der Waals surface area contributed by atoms with Crippen molar-refractivity contribution in [2.75, 3.05) is 20.2 Å². The molecule has 0 aliphatic carbocycles. The Morgan fingerprint density at radius 2 is 2.44 bits per heavy atom. The molecule has 4 nitrogen and oxygen atoms in total. The van der Waals surface area contributed by atoms with Gasteiger partial charge < -0.3 is 10.5 Å². The third kappa shape index (κ3) is 3.28. The minimum Gasteiger partial charge on any atom is -0.377 e. The van der Waals surface area contributed by atoms with Gasteiger partial charge in [-0.2, -0.15) is 0 Å². The average Bonchev–Trinajstić information content (AvgIpc) is 2.83. The fourth-order valence-corrected chi connectivity index (χ4v) is 2.73. The number of nitrogens with zero attached hydrogens (tertiary/aromatic N) is 2. The molecule has 1 aliphatic rings. The van der Waals surface area contributed by atoms with E-state index in [4.69, 9.17) is 10.5 Å². The molecule has 1 saturated heterocycles. The maximum atomic E-state index is 6.13. The van der Waals surface area contributed by atoms with E-state index in [-0.39, 0.29) is 12.1 Å². The summed E-state index contributed by atoms with van der Waals surface area (Å²) in [5.74, 6) is 0. The molecular weight excluding hydrogens is 226 g/mol. The molecule has 0 saturated carbocycles. The number of ether oxygens (including phenoxy) is 1. The Labute approximate surface area is 109 Å². The number of hydrogen-bond acceptors (Lipinski definition) is 4. The van der Waals surface area contributed by atoms with Crippen LogP contribution in [-0.2, 0) is 4.74 Å². The van der Waals surface area contributed by atoms with E-state index in [1.54, 1.807) is 6.20 Å². The summed E-state index contributed by atoms with van der Waals surface area (Å²) in [6.07, 6.45) is 6.38. The molecule has 3 unspecified atom stereocenters. The molecular formula is C14H23N3O. The lowest BCUT2D eigenvalue weighted by molar-refractivity contribution is 0.0641. The largest absolute Gasteiger partial charge is 0.377 e. The Bertz CT molecular complexity index is 349. The molecule has 3 atom stereocenters. The van der Waals surface area contributed by atoms with Crippen molar-refractivity contribution < 1.29 is 4.74 Å². The zero-order valence-electron chi connectivity index (χ0n) is 11.2. The van der Waals surface area contributed by atoms with Crippen molar-refractivity contribution in [2.24, 2.45) is 5.73 Å². The highest BCUT2D eigenvalue weighted by Gasteiger charge is 2.25. The molecule has 0 radical (unpaired) electrons. The lowest BCUT2D eigenvalue weighted by Crippen LogP contribution is -2.40. The molecule has 0 aromatic carbocycles. The summed E-state index contributed by atoms with van der Waals surface area (Å²) in [5, 5.41) is 0. The van der Waals surface area contributed by atoms with E-state index in [1.165, 1.54) is 12.0 Å². The Kier molecular flexibility index (Phi) is 4.69. The summed E-state index contributed by atoms with van der Waals surface area (Å²) >= 11 is 0. The van der Waals surface area contributed by atoms with Crippen LogP contribution in [0.2, 0.25) is 0 Å². The van der Waals surface area contributed by atoms with E-state index in [2.05, 4.69) is 23.0 Å². The van der Waals surface area contributed by atoms with E-state index in [0.717, 1.165) is 19.6 Å². The van der Waals surface area contributed by atoms with Crippen LogP contribution < -0.4 is 5.73 Å². The van der Waals surface area contributed by atoms with Gasteiger partial charge in [0, 0.05) is 31.6 Å². The highest BCUT2D eigenvalue weighted by atomic mass is 16.5. The van der Waals surface area contributed by atoms with Crippen molar-refractivity contribution in [3.05, 3.63) is 30.1 Å². The maximum Gasteiger partial charge on any atom is 0.0702 e. The molecule has 2 N–H and O–H groups in total. The number of pyridine rings is 1. The maximum absolute atomic E-state index is 6.13. The molecule has 0 bridgehead atoms. The molecule has 1 aromatic heterocycles. The predicted octanol–water partition coefficient (Wildman–Crippen LogP) is 1.58. The molecule has 4 heteroatoms. The van der Waals surface area contributed by atoms with Crippen LogP contribution in [0.4, 0.5) is 0 Å². The van der Waals surface area contributed by atoms with Crippen molar-refractivity contribution in [3.8, 4) is 0 Å². The van der Waals surface area contributed by atoms with Gasteiger partial charge in [-0.05, 0) is 38.4 Å². The second-order valence-corrected chi connectivity index (χ2v) is 5.16. The molecule has 0 amide bonds. The van der Waals surface area contributed by atoms with Crippen LogP contribution >= 0.6 is 0 Å². The summed E-state index contributed by atoms with van der Waals surface area (Å²) in [7, 11) is 2.11. The van der Waals surface area contributed by atoms with Crippen molar-refractivity contribution in [2.45, 2.75) is 38.0 Å². The van der Waals surface area contributed by atoms with Crippen molar-refractivity contribution in [1.82, 2.24) is 9.88 Å². The summed E-state index contributed by atoms with van der Waals surface area (Å²) < 4.78 is 5.69. The van der Waals surface area contributed by atoms with Crippen LogP contribution in [0.15, 0.2) is 24.5 Å². The quantitative estimate of drug-likeness (QED) is 0.861. The van der Waals surface area contributed by atoms with Gasteiger partial charge in [-0.15, -0.1) is 0 Å². The fourth-order valence-electron chi connectivity index (χ4n) is 2.73. The van der Waals surface area contributed by atoms with Gasteiger partial charge in [0.05, 0.1) is 12.1 Å². The summed E-state index contributed by atoms with van der Waals surface area (Å²) in [5.41, 5.74) is 7.31. The number of aromatic nitrogens is 1. The van der Waals surface area contributed by atoms with Gasteiger partial charge in [-0.25, -0.2) is 0 Å². The third-order valence-corrected chi connectivity index (χ3v) is 3.51. The first-order valence-electron chi connectivity index (χ1n) is 6.66. The molecule has 18 heavy (non-hydrogen) atoms. The Morgan fingerprint density at radius 1 is 1.61 bits per heavy atom. The first-order valence-corrected chi connectivity index (χ1v) is 6.66. The minimum absolute atomic E-state index is 0.0700. The predicted molar refractivity (Wildman–Crippen MR) is 72.2 cm³/mol. The number of nitrogens with two attached hydrogens (primary N) is 1. The zero-order valence-corrected chi connectivity index (χ0v) is 11.2. The standard InChI is InChI=1S/C14H23N3O/c1-11(15)14(12-5-3-7-16-9-12)17(2)10-13-6-4-8-18-13/h3,5,7,9,11,13-14H,4,6,8,10,15H2,1-2H3. The van der Waals surface area contributed by atoms with Gasteiger partial charge in [-0.3, -0.25) is 9.88 Å². The molecule has 1 aromatic rings. The van der Waals surface area contributed by atoms with E-state index in [9.17, 15) is 0 Å². The average molecular weight is 249 g/mol. The monoisotopic (exact) mass is 249 g/mol. The van der Waals surface area contributed by atoms with Crippen LogP contribution in [0, 0.1) is 0 Å². The van der Waals surface area contributed by atoms with Crippen LogP contribution in [0.3, 0.4) is 0 Å². The van der Waals surface area contributed by atoms with Gasteiger partial charge in [0.1, 0.15) is 0 Å². The molecule has 1 aliphatic heterocycles. The Balaban J connectivity index is 2.05. The van der Waals surface area contributed by atoms with E-state index >= 15 is 0 Å². The number of rotatable bonds is 5. The molecule has 100 valence electrons. The summed E-state index contributed by atoms with van der Waals surface area (Å²) in [6.45, 7) is 3.87. The fraction of sp³-hybridized carbons (Fsp3) is 0.643. The number of hydrogen-bond donors (Lipinski definition) is 1. The van der Waals surface area contributed by atoms with Gasteiger partial charge in [-0.1, -0.05) is 6.07 Å². The SMILES string of the molecule is CC(N)C(c1cccnc1)N(C)CC1CCCO1. The lowest BCUT2D eigenvalue weighted by atomic mass is 10.0. The lowest BCUT2D eigenvalue weighted by Gasteiger charge is -2.32. The first kappa shape index (κ1) is 13.5. The van der Waals surface area contributed by atoms with Crippen molar-refractivity contribution in [3.63, 3.8) is 0 Å². The van der Waals surface area contributed by atoms with Gasteiger partial charge in [0.2, 0.25) is 0 Å². The van der Waals surface area contributed by atoms with Crippen LogP contribution in [0.1, 0.15) is 31.4 Å². The Morgan fingerprint density at radius 3 is 3.00 bits per heavy atom. The topological polar surface area (TPSA) is 51.4 Å². The Hall–Kier alpha value is -0.970. The van der Waals surface area contributed by atoms with Crippen LogP contribution in [-0.4, -0.2) is 42.2 Å². The highest BCUT2D eigenvalue weighted by molar-refractivity contribution is 5.15. The number of likely N-dealkylation sites (N-methyl/N-ethyl adjacent to an activating group) is 1. The van der Waals surface area contributed by atoms with Gasteiger partial charge in [0.15, 0.2) is 0 Å². The van der Waals surface area contributed by atoms with E-state index in [0.29, 0.717) is 6.10 Å².